The highest BCUT2D eigenvalue weighted by Gasteiger charge is 2.19. The van der Waals surface area contributed by atoms with Crippen LogP contribution in [0.4, 0.5) is 4.39 Å². The molecule has 1 aromatic heterocycles. The van der Waals surface area contributed by atoms with Crippen LogP contribution in [0.25, 0.3) is 10.2 Å². The smallest absolute Gasteiger partial charge is 0.233 e. The number of aromatic nitrogens is 1. The van der Waals surface area contributed by atoms with Crippen molar-refractivity contribution in [2.45, 2.75) is 29.5 Å². The molecule has 3 nitrogen and oxygen atoms in total. The molecule has 0 spiro atoms. The van der Waals surface area contributed by atoms with E-state index in [2.05, 4.69) is 10.3 Å². The average Bonchev–Trinajstić information content (AvgIpc) is 2.97. The van der Waals surface area contributed by atoms with E-state index in [-0.39, 0.29) is 23.0 Å². The zero-order chi connectivity index (χ0) is 17.1. The van der Waals surface area contributed by atoms with Crippen LogP contribution in [-0.2, 0) is 4.79 Å². The number of para-hydroxylation sites is 1. The quantitative estimate of drug-likeness (QED) is 0.665. The minimum atomic E-state index is -0.281. The summed E-state index contributed by atoms with van der Waals surface area (Å²) in [5, 5.41) is 2.71. The van der Waals surface area contributed by atoms with E-state index in [1.54, 1.807) is 23.5 Å². The number of fused-ring (bicyclic) bond motifs is 1. The van der Waals surface area contributed by atoms with Gasteiger partial charge in [-0.1, -0.05) is 36.0 Å². The van der Waals surface area contributed by atoms with Crippen LogP contribution in [0.15, 0.2) is 52.9 Å². The number of nitrogens with one attached hydrogen (secondary N) is 1. The van der Waals surface area contributed by atoms with Gasteiger partial charge in [0, 0.05) is 0 Å². The van der Waals surface area contributed by atoms with Crippen molar-refractivity contribution in [1.29, 1.82) is 0 Å². The predicted octanol–water partition coefficient (Wildman–Crippen LogP) is 4.79. The number of hydrogen-bond donors (Lipinski definition) is 1. The standard InChI is InChI=1S/C18H17FN2OS2/c1-11(13-7-9-14(19)10-8-13)20-17(22)12(2)23-18-21-15-5-3-4-6-16(15)24-18/h3-12H,1-2H3,(H,20,22)/t11-,12+/m1/s1. The number of rotatable bonds is 5. The number of thiazole rings is 1. The molecule has 2 atom stereocenters. The van der Waals surface area contributed by atoms with Gasteiger partial charge in [-0.3, -0.25) is 4.79 Å². The first kappa shape index (κ1) is 16.9. The summed E-state index contributed by atoms with van der Waals surface area (Å²) in [4.78, 5) is 16.9. The lowest BCUT2D eigenvalue weighted by Gasteiger charge is -2.17. The third-order valence-electron chi connectivity index (χ3n) is 3.65. The van der Waals surface area contributed by atoms with E-state index in [1.807, 2.05) is 38.1 Å². The normalized spacial score (nSPS) is 13.6. The molecular formula is C18H17FN2OS2. The summed E-state index contributed by atoms with van der Waals surface area (Å²) in [6.07, 6.45) is 0. The third-order valence-corrected chi connectivity index (χ3v) is 5.88. The largest absolute Gasteiger partial charge is 0.349 e. The number of nitrogens with zero attached hydrogens (tertiary/aromatic N) is 1. The highest BCUT2D eigenvalue weighted by atomic mass is 32.2. The summed E-state index contributed by atoms with van der Waals surface area (Å²) in [6, 6.07) is 13.9. The molecule has 24 heavy (non-hydrogen) atoms. The van der Waals surface area contributed by atoms with Crippen molar-refractivity contribution in [2.24, 2.45) is 0 Å². The van der Waals surface area contributed by atoms with Gasteiger partial charge in [-0.15, -0.1) is 11.3 Å². The second-order valence-electron chi connectivity index (χ2n) is 5.49. The second-order valence-corrected chi connectivity index (χ2v) is 8.11. The highest BCUT2D eigenvalue weighted by molar-refractivity contribution is 8.02. The molecule has 124 valence electrons. The zero-order valence-corrected chi connectivity index (χ0v) is 15.0. The third kappa shape index (κ3) is 3.94. The van der Waals surface area contributed by atoms with E-state index >= 15 is 0 Å². The summed E-state index contributed by atoms with van der Waals surface area (Å²) in [7, 11) is 0. The Bertz CT molecular complexity index is 815. The molecule has 2 aromatic carbocycles. The number of halogens is 1. The molecule has 1 N–H and O–H groups in total. The summed E-state index contributed by atoms with van der Waals surface area (Å²) >= 11 is 3.04. The molecule has 0 radical (unpaired) electrons. The Hall–Kier alpha value is -1.92. The van der Waals surface area contributed by atoms with Gasteiger partial charge in [0.15, 0.2) is 4.34 Å². The van der Waals surface area contributed by atoms with Crippen molar-refractivity contribution in [3.63, 3.8) is 0 Å². The molecule has 3 rings (SSSR count). The maximum atomic E-state index is 13.0. The van der Waals surface area contributed by atoms with Crippen LogP contribution in [0, 0.1) is 5.82 Å². The lowest BCUT2D eigenvalue weighted by Crippen LogP contribution is -2.33. The van der Waals surface area contributed by atoms with Crippen molar-refractivity contribution in [1.82, 2.24) is 10.3 Å². The molecular weight excluding hydrogens is 343 g/mol. The minimum Gasteiger partial charge on any atom is -0.349 e. The highest BCUT2D eigenvalue weighted by Crippen LogP contribution is 2.32. The zero-order valence-electron chi connectivity index (χ0n) is 13.3. The molecule has 0 unspecified atom stereocenters. The van der Waals surface area contributed by atoms with Gasteiger partial charge in [-0.25, -0.2) is 9.37 Å². The van der Waals surface area contributed by atoms with Gasteiger partial charge in [-0.2, -0.15) is 0 Å². The van der Waals surface area contributed by atoms with E-state index in [0.29, 0.717) is 0 Å². The number of amides is 1. The number of hydrogen-bond acceptors (Lipinski definition) is 4. The first-order chi connectivity index (χ1) is 11.5. The van der Waals surface area contributed by atoms with Crippen LogP contribution in [0.3, 0.4) is 0 Å². The summed E-state index contributed by atoms with van der Waals surface area (Å²) < 4.78 is 15.0. The number of carbonyl (C=O) groups excluding carboxylic acids is 1. The van der Waals surface area contributed by atoms with Crippen molar-refractivity contribution < 1.29 is 9.18 Å². The Morgan fingerprint density at radius 2 is 1.88 bits per heavy atom. The molecule has 3 aromatic rings. The van der Waals surface area contributed by atoms with E-state index in [0.717, 1.165) is 20.1 Å². The summed E-state index contributed by atoms with van der Waals surface area (Å²) in [6.45, 7) is 3.75. The minimum absolute atomic E-state index is 0.0592. The monoisotopic (exact) mass is 360 g/mol. The van der Waals surface area contributed by atoms with Crippen molar-refractivity contribution in [3.8, 4) is 0 Å². The molecule has 0 fully saturated rings. The number of carbonyl (C=O) groups is 1. The molecule has 0 bridgehead atoms. The van der Waals surface area contributed by atoms with Crippen molar-refractivity contribution in [3.05, 3.63) is 59.9 Å². The summed E-state index contributed by atoms with van der Waals surface area (Å²) in [5.74, 6) is -0.340. The molecule has 0 saturated carbocycles. The van der Waals surface area contributed by atoms with E-state index in [4.69, 9.17) is 0 Å². The fourth-order valence-electron chi connectivity index (χ4n) is 2.27. The van der Waals surface area contributed by atoms with E-state index < -0.39 is 0 Å². The lowest BCUT2D eigenvalue weighted by atomic mass is 10.1. The van der Waals surface area contributed by atoms with E-state index in [9.17, 15) is 9.18 Å². The fourth-order valence-corrected chi connectivity index (χ4v) is 4.49. The van der Waals surface area contributed by atoms with Crippen molar-refractivity contribution >= 4 is 39.2 Å². The van der Waals surface area contributed by atoms with Gasteiger partial charge in [0.25, 0.3) is 0 Å². The molecule has 6 heteroatoms. The van der Waals surface area contributed by atoms with Crippen LogP contribution in [-0.4, -0.2) is 16.1 Å². The SMILES string of the molecule is C[C@H](Sc1nc2ccccc2s1)C(=O)N[C@H](C)c1ccc(F)cc1. The maximum Gasteiger partial charge on any atom is 0.233 e. The molecule has 0 aliphatic carbocycles. The van der Waals surface area contributed by atoms with Gasteiger partial charge in [0.05, 0.1) is 21.5 Å². The summed E-state index contributed by atoms with van der Waals surface area (Å²) in [5.41, 5.74) is 1.83. The van der Waals surface area contributed by atoms with Crippen LogP contribution in [0.1, 0.15) is 25.5 Å². The number of benzene rings is 2. The first-order valence-electron chi connectivity index (χ1n) is 7.61. The maximum absolute atomic E-state index is 13.0. The van der Waals surface area contributed by atoms with Crippen LogP contribution >= 0.6 is 23.1 Å². The second kappa shape index (κ2) is 7.32. The number of thioether (sulfide) groups is 1. The Balaban J connectivity index is 1.62. The van der Waals surface area contributed by atoms with Gasteiger partial charge < -0.3 is 5.32 Å². The molecule has 1 heterocycles. The van der Waals surface area contributed by atoms with Gasteiger partial charge in [0.1, 0.15) is 5.82 Å². The Labute approximate surface area is 148 Å². The van der Waals surface area contributed by atoms with Crippen LogP contribution < -0.4 is 5.32 Å². The van der Waals surface area contributed by atoms with Crippen molar-refractivity contribution in [2.75, 3.05) is 0 Å². The molecule has 0 aliphatic rings. The van der Waals surface area contributed by atoms with Gasteiger partial charge in [0.2, 0.25) is 5.91 Å². The molecule has 0 saturated heterocycles. The van der Waals surface area contributed by atoms with Gasteiger partial charge in [-0.05, 0) is 43.7 Å². The van der Waals surface area contributed by atoms with E-state index in [1.165, 1.54) is 23.9 Å². The molecule has 0 aliphatic heterocycles. The lowest BCUT2D eigenvalue weighted by molar-refractivity contribution is -0.120. The Kier molecular flexibility index (Phi) is 5.16. The van der Waals surface area contributed by atoms with Crippen LogP contribution in [0.5, 0.6) is 0 Å². The Morgan fingerprint density at radius 1 is 1.17 bits per heavy atom. The first-order valence-corrected chi connectivity index (χ1v) is 9.30. The topological polar surface area (TPSA) is 42.0 Å². The predicted molar refractivity (Wildman–Crippen MR) is 97.9 cm³/mol. The average molecular weight is 360 g/mol. The fraction of sp³-hybridized carbons (Fsp3) is 0.222. The Morgan fingerprint density at radius 3 is 2.58 bits per heavy atom. The van der Waals surface area contributed by atoms with Gasteiger partial charge >= 0.3 is 0 Å². The van der Waals surface area contributed by atoms with Crippen LogP contribution in [0.2, 0.25) is 0 Å². The molecule has 1 amide bonds.